The predicted octanol–water partition coefficient (Wildman–Crippen LogP) is 3.55. The molecule has 0 saturated carbocycles. The molecular formula is C20H25ClN2O4S. The predicted molar refractivity (Wildman–Crippen MR) is 110 cm³/mol. The van der Waals surface area contributed by atoms with Crippen LogP contribution in [0, 0.1) is 6.92 Å². The van der Waals surface area contributed by atoms with Crippen molar-refractivity contribution in [2.45, 2.75) is 31.7 Å². The molecule has 2 rings (SSSR count). The number of hydrogen-bond acceptors (Lipinski definition) is 4. The van der Waals surface area contributed by atoms with Crippen molar-refractivity contribution in [1.29, 1.82) is 0 Å². The first-order chi connectivity index (χ1) is 13.1. The fourth-order valence-electron chi connectivity index (χ4n) is 2.69. The number of likely N-dealkylation sites (N-methyl/N-ethyl adjacent to an activating group) is 1. The molecule has 0 aromatic heterocycles. The van der Waals surface area contributed by atoms with E-state index >= 15 is 0 Å². The van der Waals surface area contributed by atoms with Crippen LogP contribution in [0.5, 0.6) is 5.75 Å². The van der Waals surface area contributed by atoms with Gasteiger partial charge in [-0.25, -0.2) is 8.42 Å². The Hall–Kier alpha value is -2.09. The highest BCUT2D eigenvalue weighted by atomic mass is 35.5. The zero-order valence-corrected chi connectivity index (χ0v) is 18.0. The number of nitrogens with one attached hydrogen (secondary N) is 1. The molecule has 8 heteroatoms. The van der Waals surface area contributed by atoms with Crippen LogP contribution in [0.25, 0.3) is 0 Å². The largest absolute Gasteiger partial charge is 0.494 e. The van der Waals surface area contributed by atoms with Gasteiger partial charge in [-0.3, -0.25) is 4.79 Å². The summed E-state index contributed by atoms with van der Waals surface area (Å²) in [7, 11) is -2.41. The molecule has 0 unspecified atom stereocenters. The van der Waals surface area contributed by atoms with Crippen molar-refractivity contribution in [3.8, 4) is 5.75 Å². The Labute approximate surface area is 171 Å². The molecule has 0 aliphatic rings. The summed E-state index contributed by atoms with van der Waals surface area (Å²) in [5.41, 5.74) is 1.60. The van der Waals surface area contributed by atoms with Crippen molar-refractivity contribution in [3.63, 3.8) is 0 Å². The number of carbonyl (C=O) groups is 1. The molecule has 6 nitrogen and oxygen atoms in total. The monoisotopic (exact) mass is 424 g/mol. The van der Waals surface area contributed by atoms with Crippen LogP contribution >= 0.6 is 11.6 Å². The van der Waals surface area contributed by atoms with Crippen LogP contribution in [0.2, 0.25) is 5.02 Å². The fraction of sp³-hybridized carbons (Fsp3) is 0.350. The third-order valence-corrected chi connectivity index (χ3v) is 6.32. The van der Waals surface area contributed by atoms with Gasteiger partial charge in [-0.05, 0) is 62.2 Å². The molecule has 0 fully saturated rings. The molecule has 28 heavy (non-hydrogen) atoms. The van der Waals surface area contributed by atoms with E-state index in [1.54, 1.807) is 31.2 Å². The first kappa shape index (κ1) is 22.2. The van der Waals surface area contributed by atoms with Gasteiger partial charge in [0.05, 0.1) is 24.1 Å². The number of rotatable bonds is 8. The van der Waals surface area contributed by atoms with Crippen LogP contribution in [0.1, 0.15) is 31.0 Å². The number of carbonyl (C=O) groups excluding carboxylic acids is 1. The lowest BCUT2D eigenvalue weighted by molar-refractivity contribution is -0.121. The molecule has 1 atom stereocenters. The lowest BCUT2D eigenvalue weighted by Gasteiger charge is -2.20. The van der Waals surface area contributed by atoms with Crippen LogP contribution in [0.15, 0.2) is 47.4 Å². The zero-order chi connectivity index (χ0) is 20.9. The molecular weight excluding hydrogens is 400 g/mol. The van der Waals surface area contributed by atoms with Crippen molar-refractivity contribution < 1.29 is 17.9 Å². The summed E-state index contributed by atoms with van der Waals surface area (Å²) in [6.07, 6.45) is 0. The van der Waals surface area contributed by atoms with E-state index in [4.69, 9.17) is 16.3 Å². The summed E-state index contributed by atoms with van der Waals surface area (Å²) < 4.78 is 32.0. The second kappa shape index (κ2) is 9.41. The Kier molecular flexibility index (Phi) is 7.46. The molecule has 2 aromatic rings. The highest BCUT2D eigenvalue weighted by Gasteiger charge is 2.24. The van der Waals surface area contributed by atoms with Crippen LogP contribution in [-0.2, 0) is 14.8 Å². The van der Waals surface area contributed by atoms with E-state index in [2.05, 4.69) is 5.32 Å². The zero-order valence-electron chi connectivity index (χ0n) is 16.4. The average Bonchev–Trinajstić information content (AvgIpc) is 2.63. The van der Waals surface area contributed by atoms with Gasteiger partial charge in [0.15, 0.2) is 0 Å². The normalized spacial score (nSPS) is 12.6. The SMILES string of the molecule is CCOc1ccc(S(=O)(=O)N(C)CC(=O)N[C@H](C)c2ccc(Cl)cc2)cc1C. The second-order valence-corrected chi connectivity index (χ2v) is 8.94. The average molecular weight is 425 g/mol. The molecule has 0 spiro atoms. The Bertz CT molecular complexity index is 930. The Balaban J connectivity index is 2.05. The number of nitrogens with zero attached hydrogens (tertiary/aromatic N) is 1. The summed E-state index contributed by atoms with van der Waals surface area (Å²) in [4.78, 5) is 12.4. The lowest BCUT2D eigenvalue weighted by Crippen LogP contribution is -2.39. The number of hydrogen-bond donors (Lipinski definition) is 1. The number of sulfonamides is 1. The first-order valence-corrected chi connectivity index (χ1v) is 10.7. The molecule has 0 saturated heterocycles. The van der Waals surface area contributed by atoms with Gasteiger partial charge in [0.1, 0.15) is 5.75 Å². The lowest BCUT2D eigenvalue weighted by atomic mass is 10.1. The Morgan fingerprint density at radius 2 is 1.86 bits per heavy atom. The van der Waals surface area contributed by atoms with E-state index in [1.165, 1.54) is 13.1 Å². The third-order valence-electron chi connectivity index (χ3n) is 4.27. The number of halogens is 1. The van der Waals surface area contributed by atoms with Crippen molar-refractivity contribution in [2.24, 2.45) is 0 Å². The molecule has 0 aliphatic heterocycles. The van der Waals surface area contributed by atoms with Crippen molar-refractivity contribution in [3.05, 3.63) is 58.6 Å². The minimum absolute atomic E-state index is 0.120. The van der Waals surface area contributed by atoms with Gasteiger partial charge < -0.3 is 10.1 Å². The molecule has 0 heterocycles. The van der Waals surface area contributed by atoms with E-state index in [9.17, 15) is 13.2 Å². The summed E-state index contributed by atoms with van der Waals surface area (Å²) in [5.74, 6) is 0.245. The van der Waals surface area contributed by atoms with Crippen molar-refractivity contribution in [2.75, 3.05) is 20.2 Å². The summed E-state index contributed by atoms with van der Waals surface area (Å²) in [6.45, 7) is 5.68. The van der Waals surface area contributed by atoms with Crippen LogP contribution in [0.4, 0.5) is 0 Å². The molecule has 1 amide bonds. The van der Waals surface area contributed by atoms with Gasteiger partial charge in [0.25, 0.3) is 0 Å². The number of amides is 1. The highest BCUT2D eigenvalue weighted by molar-refractivity contribution is 7.89. The maximum Gasteiger partial charge on any atom is 0.243 e. The standard InChI is InChI=1S/C20H25ClN2O4S/c1-5-27-19-11-10-18(12-14(19)2)28(25,26)23(4)13-20(24)22-15(3)16-6-8-17(21)9-7-16/h6-12,15H,5,13H2,1-4H3,(H,22,24)/t15-/m1/s1. The Morgan fingerprint density at radius 3 is 2.43 bits per heavy atom. The second-order valence-electron chi connectivity index (χ2n) is 6.46. The van der Waals surface area contributed by atoms with Gasteiger partial charge in [-0.1, -0.05) is 23.7 Å². The number of ether oxygens (including phenoxy) is 1. The van der Waals surface area contributed by atoms with E-state index in [0.29, 0.717) is 17.4 Å². The third kappa shape index (κ3) is 5.47. The maximum absolute atomic E-state index is 12.8. The summed E-state index contributed by atoms with van der Waals surface area (Å²) in [5, 5.41) is 3.41. The number of benzene rings is 2. The highest BCUT2D eigenvalue weighted by Crippen LogP contribution is 2.23. The number of aryl methyl sites for hydroxylation is 1. The molecule has 0 bridgehead atoms. The van der Waals surface area contributed by atoms with E-state index in [0.717, 1.165) is 15.4 Å². The molecule has 0 aliphatic carbocycles. The quantitative estimate of drug-likeness (QED) is 0.703. The minimum atomic E-state index is -3.79. The van der Waals surface area contributed by atoms with Crippen molar-refractivity contribution in [1.82, 2.24) is 9.62 Å². The first-order valence-electron chi connectivity index (χ1n) is 8.89. The van der Waals surface area contributed by atoms with Gasteiger partial charge >= 0.3 is 0 Å². The van der Waals surface area contributed by atoms with Crippen LogP contribution < -0.4 is 10.1 Å². The molecule has 1 N–H and O–H groups in total. The minimum Gasteiger partial charge on any atom is -0.494 e. The van der Waals surface area contributed by atoms with Crippen molar-refractivity contribution >= 4 is 27.5 Å². The maximum atomic E-state index is 12.8. The molecule has 0 radical (unpaired) electrons. The summed E-state index contributed by atoms with van der Waals surface area (Å²) in [6, 6.07) is 11.5. The van der Waals surface area contributed by atoms with Crippen LogP contribution in [0.3, 0.4) is 0 Å². The Morgan fingerprint density at radius 1 is 1.21 bits per heavy atom. The topological polar surface area (TPSA) is 75.7 Å². The van der Waals surface area contributed by atoms with E-state index in [1.807, 2.05) is 26.0 Å². The fourth-order valence-corrected chi connectivity index (χ4v) is 4.03. The molecule has 152 valence electrons. The molecule has 2 aromatic carbocycles. The summed E-state index contributed by atoms with van der Waals surface area (Å²) >= 11 is 5.87. The van der Waals surface area contributed by atoms with Gasteiger partial charge in [0.2, 0.25) is 15.9 Å². The van der Waals surface area contributed by atoms with Gasteiger partial charge in [-0.2, -0.15) is 4.31 Å². The van der Waals surface area contributed by atoms with Gasteiger partial charge in [-0.15, -0.1) is 0 Å². The van der Waals surface area contributed by atoms with Crippen LogP contribution in [-0.4, -0.2) is 38.8 Å². The van der Waals surface area contributed by atoms with E-state index in [-0.39, 0.29) is 17.5 Å². The van der Waals surface area contributed by atoms with Gasteiger partial charge in [0, 0.05) is 12.1 Å². The smallest absolute Gasteiger partial charge is 0.243 e. The van der Waals surface area contributed by atoms with E-state index < -0.39 is 15.9 Å².